The number of ether oxygens (including phenoxy) is 2. The molecule has 1 aliphatic rings. The van der Waals surface area contributed by atoms with Crippen molar-refractivity contribution in [2.45, 2.75) is 20.0 Å². The van der Waals surface area contributed by atoms with E-state index in [9.17, 15) is 0 Å². The molecule has 0 bridgehead atoms. The molecule has 3 rings (SSSR count). The molecule has 0 atom stereocenters. The molecule has 2 heterocycles. The van der Waals surface area contributed by atoms with Gasteiger partial charge < -0.3 is 13.9 Å². The molecule has 0 spiro atoms. The third-order valence-electron chi connectivity index (χ3n) is 4.36. The molecule has 0 saturated carbocycles. The highest BCUT2D eigenvalue weighted by atomic mass is 16.5. The maximum absolute atomic E-state index is 5.67. The van der Waals surface area contributed by atoms with Crippen molar-refractivity contribution >= 4 is 0 Å². The molecule has 0 N–H and O–H groups in total. The first-order valence-corrected chi connectivity index (χ1v) is 8.55. The highest BCUT2D eigenvalue weighted by molar-refractivity contribution is 5.42. The fraction of sp³-hybridized carbons (Fsp3) is 0.474. The molecule has 1 aromatic heterocycles. The second-order valence-corrected chi connectivity index (χ2v) is 6.05. The zero-order valence-electron chi connectivity index (χ0n) is 14.5. The number of nitrogens with zero attached hydrogens (tertiary/aromatic N) is 2. The molecule has 1 aromatic carbocycles. The molecule has 1 fully saturated rings. The quantitative estimate of drug-likeness (QED) is 0.780. The fourth-order valence-corrected chi connectivity index (χ4v) is 3.07. The summed E-state index contributed by atoms with van der Waals surface area (Å²) in [7, 11) is 1.68. The second kappa shape index (κ2) is 8.22. The van der Waals surface area contributed by atoms with E-state index in [1.807, 2.05) is 25.1 Å². The molecule has 0 unspecified atom stereocenters. The van der Waals surface area contributed by atoms with E-state index in [1.165, 1.54) is 5.56 Å². The Labute approximate surface area is 143 Å². The number of piperazine rings is 1. The van der Waals surface area contributed by atoms with Gasteiger partial charge >= 0.3 is 0 Å². The summed E-state index contributed by atoms with van der Waals surface area (Å²) in [5, 5.41) is 0. The Morgan fingerprint density at radius 2 is 1.75 bits per heavy atom. The van der Waals surface area contributed by atoms with Crippen molar-refractivity contribution in [3.8, 4) is 11.5 Å². The highest BCUT2D eigenvalue weighted by Gasteiger charge is 2.18. The maximum atomic E-state index is 5.67. The third-order valence-corrected chi connectivity index (χ3v) is 4.36. The first-order valence-electron chi connectivity index (χ1n) is 8.55. The average Bonchev–Trinajstić information content (AvgIpc) is 3.10. The van der Waals surface area contributed by atoms with Crippen LogP contribution in [0.3, 0.4) is 0 Å². The van der Waals surface area contributed by atoms with Crippen LogP contribution in [0.1, 0.15) is 18.2 Å². The summed E-state index contributed by atoms with van der Waals surface area (Å²) in [4.78, 5) is 4.92. The van der Waals surface area contributed by atoms with Gasteiger partial charge in [-0.05, 0) is 36.8 Å². The van der Waals surface area contributed by atoms with Gasteiger partial charge in [0.1, 0.15) is 5.76 Å². The standard InChI is InChI=1S/C19H26N2O3/c1-3-23-19-13-16(6-7-18(19)22-2)14-20-8-10-21(11-9-20)15-17-5-4-12-24-17/h4-7,12-13H,3,8-11,14-15H2,1-2H3. The molecule has 0 aliphatic carbocycles. The van der Waals surface area contributed by atoms with Crippen LogP contribution in [-0.4, -0.2) is 49.7 Å². The summed E-state index contributed by atoms with van der Waals surface area (Å²) in [5.41, 5.74) is 1.26. The Hall–Kier alpha value is -1.98. The summed E-state index contributed by atoms with van der Waals surface area (Å²) in [6.45, 7) is 8.74. The lowest BCUT2D eigenvalue weighted by Crippen LogP contribution is -2.45. The number of hydrogen-bond donors (Lipinski definition) is 0. The van der Waals surface area contributed by atoms with Gasteiger partial charge in [-0.1, -0.05) is 6.07 Å². The molecule has 130 valence electrons. The van der Waals surface area contributed by atoms with Gasteiger partial charge in [-0.25, -0.2) is 0 Å². The van der Waals surface area contributed by atoms with E-state index < -0.39 is 0 Å². The van der Waals surface area contributed by atoms with Gasteiger partial charge in [-0.3, -0.25) is 9.80 Å². The van der Waals surface area contributed by atoms with Crippen molar-refractivity contribution in [3.63, 3.8) is 0 Å². The van der Waals surface area contributed by atoms with E-state index >= 15 is 0 Å². The van der Waals surface area contributed by atoms with E-state index in [0.29, 0.717) is 6.61 Å². The van der Waals surface area contributed by atoms with Gasteiger partial charge in [0, 0.05) is 32.7 Å². The minimum atomic E-state index is 0.644. The Bertz CT molecular complexity index is 620. The molecule has 5 heteroatoms. The Morgan fingerprint density at radius 3 is 2.38 bits per heavy atom. The van der Waals surface area contributed by atoms with Crippen LogP contribution in [0.15, 0.2) is 41.0 Å². The van der Waals surface area contributed by atoms with Crippen LogP contribution in [0, 0.1) is 0 Å². The van der Waals surface area contributed by atoms with Crippen molar-refractivity contribution in [1.82, 2.24) is 9.80 Å². The van der Waals surface area contributed by atoms with Crippen LogP contribution in [0.4, 0.5) is 0 Å². The van der Waals surface area contributed by atoms with Crippen LogP contribution < -0.4 is 9.47 Å². The molecule has 1 saturated heterocycles. The van der Waals surface area contributed by atoms with Crippen molar-refractivity contribution < 1.29 is 13.9 Å². The van der Waals surface area contributed by atoms with Gasteiger partial charge in [0.2, 0.25) is 0 Å². The van der Waals surface area contributed by atoms with Crippen molar-refractivity contribution in [2.24, 2.45) is 0 Å². The van der Waals surface area contributed by atoms with Gasteiger partial charge in [0.15, 0.2) is 11.5 Å². The molecule has 2 aromatic rings. The smallest absolute Gasteiger partial charge is 0.161 e. The summed E-state index contributed by atoms with van der Waals surface area (Å²) in [5.74, 6) is 2.66. The Morgan fingerprint density at radius 1 is 1.00 bits per heavy atom. The molecule has 0 radical (unpaired) electrons. The predicted molar refractivity (Wildman–Crippen MR) is 93.4 cm³/mol. The van der Waals surface area contributed by atoms with Crippen molar-refractivity contribution in [1.29, 1.82) is 0 Å². The Kier molecular flexibility index (Phi) is 5.77. The van der Waals surface area contributed by atoms with Crippen LogP contribution in [0.2, 0.25) is 0 Å². The van der Waals surface area contributed by atoms with Gasteiger partial charge in [0.25, 0.3) is 0 Å². The molecule has 5 nitrogen and oxygen atoms in total. The number of benzene rings is 1. The summed E-state index contributed by atoms with van der Waals surface area (Å²) in [6, 6.07) is 10.2. The number of methoxy groups -OCH3 is 1. The van der Waals surface area contributed by atoms with Gasteiger partial charge in [-0.15, -0.1) is 0 Å². The normalized spacial score (nSPS) is 16.2. The van der Waals surface area contributed by atoms with Crippen LogP contribution in [0.5, 0.6) is 11.5 Å². The first kappa shape index (κ1) is 16.9. The highest BCUT2D eigenvalue weighted by Crippen LogP contribution is 2.28. The fourth-order valence-electron chi connectivity index (χ4n) is 3.07. The molecule has 24 heavy (non-hydrogen) atoms. The van der Waals surface area contributed by atoms with E-state index in [-0.39, 0.29) is 0 Å². The van der Waals surface area contributed by atoms with Crippen LogP contribution in [-0.2, 0) is 13.1 Å². The molecule has 1 aliphatic heterocycles. The number of rotatable bonds is 7. The summed E-state index contributed by atoms with van der Waals surface area (Å²) in [6.07, 6.45) is 1.74. The third kappa shape index (κ3) is 4.30. The summed E-state index contributed by atoms with van der Waals surface area (Å²) >= 11 is 0. The minimum absolute atomic E-state index is 0.644. The van der Waals surface area contributed by atoms with E-state index in [2.05, 4.69) is 21.9 Å². The topological polar surface area (TPSA) is 38.1 Å². The SMILES string of the molecule is CCOc1cc(CN2CCN(Cc3ccco3)CC2)ccc1OC. The zero-order valence-corrected chi connectivity index (χ0v) is 14.5. The predicted octanol–water partition coefficient (Wildman–Crippen LogP) is 3.00. The van der Waals surface area contributed by atoms with Crippen LogP contribution in [0.25, 0.3) is 0 Å². The number of furan rings is 1. The monoisotopic (exact) mass is 330 g/mol. The largest absolute Gasteiger partial charge is 0.493 e. The van der Waals surface area contributed by atoms with E-state index in [1.54, 1.807) is 13.4 Å². The lowest BCUT2D eigenvalue weighted by molar-refractivity contribution is 0.116. The zero-order chi connectivity index (χ0) is 16.8. The molecule has 0 amide bonds. The second-order valence-electron chi connectivity index (χ2n) is 6.05. The van der Waals surface area contributed by atoms with Crippen molar-refractivity contribution in [2.75, 3.05) is 39.9 Å². The molecular weight excluding hydrogens is 304 g/mol. The van der Waals surface area contributed by atoms with E-state index in [0.717, 1.165) is 56.5 Å². The molecular formula is C19H26N2O3. The number of hydrogen-bond acceptors (Lipinski definition) is 5. The average molecular weight is 330 g/mol. The lowest BCUT2D eigenvalue weighted by Gasteiger charge is -2.34. The van der Waals surface area contributed by atoms with Crippen LogP contribution >= 0.6 is 0 Å². The summed E-state index contributed by atoms with van der Waals surface area (Å²) < 4.78 is 16.5. The minimum Gasteiger partial charge on any atom is -0.493 e. The van der Waals surface area contributed by atoms with Crippen molar-refractivity contribution in [3.05, 3.63) is 47.9 Å². The Balaban J connectivity index is 1.53. The first-order chi connectivity index (χ1) is 11.8. The maximum Gasteiger partial charge on any atom is 0.161 e. The van der Waals surface area contributed by atoms with Gasteiger partial charge in [-0.2, -0.15) is 0 Å². The van der Waals surface area contributed by atoms with Gasteiger partial charge in [0.05, 0.1) is 26.5 Å². The lowest BCUT2D eigenvalue weighted by atomic mass is 10.1. The van der Waals surface area contributed by atoms with E-state index in [4.69, 9.17) is 13.9 Å².